The Morgan fingerprint density at radius 1 is 0.800 bits per heavy atom. The number of anilines is 1. The molecule has 4 aromatic rings. The standard InChI is InChI=1S/C47H50N2.C6H6/c1-7-9-16-35(3)48-41-28-29-47(33-37(30-41)34-47)40-24-26-42(27-25-40)49(6)43(22-10-8-2)31-36-17-14-18-38-19-15-23-45(44(38)32-36)46(4,5)39-20-12-11-13-21-39;1-2-4-6-5-3-1/h7-13,15-16,19-32,37,48H,1-3,14,17-18,33-34H2,4-6H3;1-6H/b16-9-,22-10-,43-31-;. The average Bonchev–Trinajstić information content (AvgIpc) is 3.61. The van der Waals surface area contributed by atoms with Crippen LogP contribution in [0.4, 0.5) is 5.69 Å². The molecule has 0 atom stereocenters. The molecule has 0 heterocycles. The first-order valence-electron chi connectivity index (χ1n) is 19.6. The van der Waals surface area contributed by atoms with E-state index in [9.17, 15) is 0 Å². The molecule has 278 valence electrons. The minimum absolute atomic E-state index is 0.0746. The van der Waals surface area contributed by atoms with Crippen LogP contribution >= 0.6 is 0 Å². The molecule has 1 N–H and O–H groups in total. The SMILES string of the molecule is C=C/C=C\C(=C)NC1=CC2CC(c3ccc(N(C)C(/C=C\C=C)=C\C4=Cc5c(cccc5C(C)(C)c5ccccc5)CCC4)cc3)(C=C1)C2.c1ccccc1. The van der Waals surface area contributed by atoms with E-state index in [0.717, 1.165) is 49.2 Å². The van der Waals surface area contributed by atoms with Crippen LogP contribution in [0.25, 0.3) is 6.08 Å². The van der Waals surface area contributed by atoms with Crippen molar-refractivity contribution >= 4 is 11.8 Å². The first-order chi connectivity index (χ1) is 26.7. The lowest BCUT2D eigenvalue weighted by atomic mass is 9.59. The van der Waals surface area contributed by atoms with E-state index in [-0.39, 0.29) is 10.8 Å². The fourth-order valence-corrected chi connectivity index (χ4v) is 8.09. The third kappa shape index (κ3) is 9.45. The summed E-state index contributed by atoms with van der Waals surface area (Å²) in [6, 6.07) is 39.0. The molecule has 0 unspecified atom stereocenters. The second-order valence-corrected chi connectivity index (χ2v) is 15.4. The predicted octanol–water partition coefficient (Wildman–Crippen LogP) is 13.1. The zero-order chi connectivity index (χ0) is 38.7. The van der Waals surface area contributed by atoms with Gasteiger partial charge in [0.25, 0.3) is 0 Å². The van der Waals surface area contributed by atoms with Crippen molar-refractivity contribution in [3.8, 4) is 0 Å². The third-order valence-corrected chi connectivity index (χ3v) is 11.2. The molecule has 55 heavy (non-hydrogen) atoms. The van der Waals surface area contributed by atoms with Crippen molar-refractivity contribution in [1.82, 2.24) is 5.32 Å². The minimum atomic E-state index is -0.107. The Labute approximate surface area is 330 Å². The van der Waals surface area contributed by atoms with Crippen LogP contribution in [-0.2, 0) is 17.3 Å². The number of allylic oxidation sites excluding steroid dienone is 11. The number of likely N-dealkylation sites (N-methyl/N-ethyl adjacent to an activating group) is 1. The molecular formula is C53H56N2. The molecule has 2 heteroatoms. The molecule has 0 amide bonds. The number of rotatable bonds is 12. The Balaban J connectivity index is 0.000000782. The van der Waals surface area contributed by atoms with Crippen molar-refractivity contribution in [1.29, 1.82) is 0 Å². The largest absolute Gasteiger partial charge is 0.356 e. The molecule has 8 rings (SSSR count). The number of hydrogen-bond acceptors (Lipinski definition) is 2. The predicted molar refractivity (Wildman–Crippen MR) is 238 cm³/mol. The van der Waals surface area contributed by atoms with Crippen molar-refractivity contribution < 1.29 is 0 Å². The third-order valence-electron chi connectivity index (χ3n) is 11.2. The van der Waals surface area contributed by atoms with Crippen molar-refractivity contribution in [3.05, 3.63) is 240 Å². The van der Waals surface area contributed by atoms with Crippen LogP contribution < -0.4 is 10.2 Å². The van der Waals surface area contributed by atoms with Crippen LogP contribution in [0.15, 0.2) is 212 Å². The summed E-state index contributed by atoms with van der Waals surface area (Å²) in [5, 5.41) is 3.45. The molecule has 0 aromatic heterocycles. The minimum Gasteiger partial charge on any atom is -0.356 e. The average molecular weight is 721 g/mol. The molecule has 0 radical (unpaired) electrons. The second kappa shape index (κ2) is 18.0. The van der Waals surface area contributed by atoms with Gasteiger partial charge in [0, 0.05) is 40.7 Å². The van der Waals surface area contributed by atoms with Gasteiger partial charge in [0.1, 0.15) is 0 Å². The maximum absolute atomic E-state index is 4.12. The Morgan fingerprint density at radius 3 is 2.13 bits per heavy atom. The van der Waals surface area contributed by atoms with Gasteiger partial charge in [0.2, 0.25) is 0 Å². The highest BCUT2D eigenvalue weighted by Crippen LogP contribution is 2.51. The fourth-order valence-electron chi connectivity index (χ4n) is 8.09. The molecule has 1 saturated carbocycles. The summed E-state index contributed by atoms with van der Waals surface area (Å²) in [7, 11) is 2.17. The van der Waals surface area contributed by atoms with E-state index in [4.69, 9.17) is 0 Å². The van der Waals surface area contributed by atoms with E-state index < -0.39 is 0 Å². The smallest absolute Gasteiger partial charge is 0.0410 e. The van der Waals surface area contributed by atoms with Crippen molar-refractivity contribution in [2.75, 3.05) is 11.9 Å². The van der Waals surface area contributed by atoms with Gasteiger partial charge in [-0.15, -0.1) is 0 Å². The van der Waals surface area contributed by atoms with Gasteiger partial charge in [-0.1, -0.05) is 173 Å². The number of nitrogens with one attached hydrogen (secondary N) is 1. The highest BCUT2D eigenvalue weighted by atomic mass is 15.1. The monoisotopic (exact) mass is 720 g/mol. The lowest BCUT2D eigenvalue weighted by Crippen LogP contribution is -2.38. The highest BCUT2D eigenvalue weighted by molar-refractivity contribution is 5.68. The topological polar surface area (TPSA) is 15.3 Å². The van der Waals surface area contributed by atoms with E-state index in [1.54, 1.807) is 6.08 Å². The Morgan fingerprint density at radius 2 is 1.45 bits per heavy atom. The molecule has 4 aromatic carbocycles. The van der Waals surface area contributed by atoms with Crippen LogP contribution in [0.1, 0.15) is 67.3 Å². The molecule has 2 bridgehead atoms. The number of benzene rings is 4. The number of fused-ring (bicyclic) bond motifs is 2. The highest BCUT2D eigenvalue weighted by Gasteiger charge is 2.44. The summed E-state index contributed by atoms with van der Waals surface area (Å²) in [6.45, 7) is 16.5. The zero-order valence-electron chi connectivity index (χ0n) is 32.9. The van der Waals surface area contributed by atoms with E-state index in [1.807, 2.05) is 60.7 Å². The lowest BCUT2D eigenvalue weighted by molar-refractivity contribution is 0.239. The molecule has 1 fully saturated rings. The lowest BCUT2D eigenvalue weighted by Gasteiger charge is -2.44. The fraction of sp³-hybridized carbons (Fsp3) is 0.208. The van der Waals surface area contributed by atoms with Gasteiger partial charge < -0.3 is 10.2 Å². The zero-order valence-corrected chi connectivity index (χ0v) is 32.9. The number of nitrogens with zero attached hydrogens (tertiary/aromatic N) is 1. The van der Waals surface area contributed by atoms with E-state index >= 15 is 0 Å². The van der Waals surface area contributed by atoms with Crippen LogP contribution in [0.3, 0.4) is 0 Å². The van der Waals surface area contributed by atoms with Gasteiger partial charge in [0.15, 0.2) is 0 Å². The van der Waals surface area contributed by atoms with E-state index in [0.29, 0.717) is 5.92 Å². The first-order valence-corrected chi connectivity index (χ1v) is 19.6. The molecule has 4 aliphatic rings. The summed E-state index contributed by atoms with van der Waals surface area (Å²) >= 11 is 0. The molecule has 0 aliphatic heterocycles. The van der Waals surface area contributed by atoms with E-state index in [2.05, 4.69) is 160 Å². The summed E-state index contributed by atoms with van der Waals surface area (Å²) < 4.78 is 0. The van der Waals surface area contributed by atoms with Crippen molar-refractivity contribution in [2.24, 2.45) is 5.92 Å². The Kier molecular flexibility index (Phi) is 12.7. The maximum Gasteiger partial charge on any atom is 0.0410 e. The summed E-state index contributed by atoms with van der Waals surface area (Å²) in [4.78, 5) is 2.30. The number of hydrogen-bond donors (Lipinski definition) is 1. The normalized spacial score (nSPS) is 19.0. The van der Waals surface area contributed by atoms with Gasteiger partial charge in [-0.05, 0) is 108 Å². The van der Waals surface area contributed by atoms with Crippen molar-refractivity contribution in [2.45, 2.75) is 56.8 Å². The Hall–Kier alpha value is -5.86. The van der Waals surface area contributed by atoms with Gasteiger partial charge in [0.05, 0.1) is 0 Å². The van der Waals surface area contributed by atoms with Crippen LogP contribution in [0.5, 0.6) is 0 Å². The Bertz CT molecular complexity index is 2100. The number of aryl methyl sites for hydroxylation is 1. The summed E-state index contributed by atoms with van der Waals surface area (Å²) in [5.74, 6) is 0.561. The maximum atomic E-state index is 4.12. The van der Waals surface area contributed by atoms with Gasteiger partial charge in [-0.25, -0.2) is 0 Å². The molecule has 0 spiro atoms. The van der Waals surface area contributed by atoms with Gasteiger partial charge >= 0.3 is 0 Å². The van der Waals surface area contributed by atoms with Gasteiger partial charge in [-0.2, -0.15) is 0 Å². The summed E-state index contributed by atoms with van der Waals surface area (Å²) in [6.07, 6.45) is 29.0. The van der Waals surface area contributed by atoms with Crippen LogP contribution in [0, 0.1) is 5.92 Å². The molecule has 0 saturated heterocycles. The first kappa shape index (κ1) is 38.9. The second-order valence-electron chi connectivity index (χ2n) is 15.4. The van der Waals surface area contributed by atoms with Crippen molar-refractivity contribution in [3.63, 3.8) is 0 Å². The summed E-state index contributed by atoms with van der Waals surface area (Å²) in [5.41, 5.74) is 12.5. The van der Waals surface area contributed by atoms with Crippen LogP contribution in [-0.4, -0.2) is 7.05 Å². The quantitative estimate of drug-likeness (QED) is 0.147. The van der Waals surface area contributed by atoms with Crippen LogP contribution in [0.2, 0.25) is 0 Å². The van der Waals surface area contributed by atoms with Gasteiger partial charge in [-0.3, -0.25) is 0 Å². The molecule has 4 aliphatic carbocycles. The molecular weight excluding hydrogens is 665 g/mol. The molecule has 2 nitrogen and oxygen atoms in total. The van der Waals surface area contributed by atoms with E-state index in [1.165, 1.54) is 39.1 Å².